The number of rotatable bonds is 6. The van der Waals surface area contributed by atoms with Gasteiger partial charge in [-0.15, -0.1) is 0 Å². The van der Waals surface area contributed by atoms with Crippen molar-refractivity contribution in [1.82, 2.24) is 14.6 Å². The average Bonchev–Trinajstić information content (AvgIpc) is 3.62. The summed E-state index contributed by atoms with van der Waals surface area (Å²) in [5.41, 5.74) is -0.531. The zero-order valence-corrected chi connectivity index (χ0v) is 18.0. The summed E-state index contributed by atoms with van der Waals surface area (Å²) >= 11 is 0. The van der Waals surface area contributed by atoms with Crippen LogP contribution in [0.4, 0.5) is 19.0 Å². The van der Waals surface area contributed by atoms with Gasteiger partial charge in [0.1, 0.15) is 5.82 Å². The molecule has 2 aromatic rings. The van der Waals surface area contributed by atoms with Crippen LogP contribution in [-0.4, -0.2) is 56.9 Å². The van der Waals surface area contributed by atoms with Crippen LogP contribution in [0.3, 0.4) is 0 Å². The lowest BCUT2D eigenvalue weighted by Gasteiger charge is -2.35. The van der Waals surface area contributed by atoms with Crippen molar-refractivity contribution in [1.29, 1.82) is 0 Å². The van der Waals surface area contributed by atoms with E-state index in [1.807, 2.05) is 4.90 Å². The van der Waals surface area contributed by atoms with Gasteiger partial charge in [-0.1, -0.05) is 6.07 Å². The van der Waals surface area contributed by atoms with E-state index < -0.39 is 21.8 Å². The van der Waals surface area contributed by atoms with E-state index in [1.165, 1.54) is 18.2 Å². The van der Waals surface area contributed by atoms with Gasteiger partial charge in [0.2, 0.25) is 10.0 Å². The van der Waals surface area contributed by atoms with Gasteiger partial charge < -0.3 is 9.80 Å². The van der Waals surface area contributed by atoms with Gasteiger partial charge in [-0.2, -0.15) is 13.2 Å². The molecule has 7 nitrogen and oxygen atoms in total. The number of halogens is 3. The molecule has 1 aromatic heterocycles. The molecule has 1 aliphatic heterocycles. The highest BCUT2D eigenvalue weighted by atomic mass is 32.2. The number of hydrogen-bond acceptors (Lipinski definition) is 5. The molecule has 1 aromatic carbocycles. The Hall–Kier alpha value is -2.66. The summed E-state index contributed by atoms with van der Waals surface area (Å²) in [5, 5.41) is 0. The molecule has 1 amide bonds. The fourth-order valence-electron chi connectivity index (χ4n) is 3.49. The van der Waals surface area contributed by atoms with Crippen molar-refractivity contribution < 1.29 is 26.4 Å². The van der Waals surface area contributed by atoms with E-state index in [0.29, 0.717) is 44.5 Å². The molecule has 2 heterocycles. The fraction of sp³-hybridized carbons (Fsp3) is 0.429. The Balaban J connectivity index is 1.38. The Kier molecular flexibility index (Phi) is 6.13. The highest BCUT2D eigenvalue weighted by Gasteiger charge is 2.31. The largest absolute Gasteiger partial charge is 0.417 e. The van der Waals surface area contributed by atoms with Crippen LogP contribution in [0.15, 0.2) is 47.5 Å². The number of hydrogen-bond donors (Lipinski definition) is 1. The second kappa shape index (κ2) is 8.70. The summed E-state index contributed by atoms with van der Waals surface area (Å²) in [7, 11) is -3.68. The number of aromatic nitrogens is 1. The maximum Gasteiger partial charge on any atom is 0.417 e. The maximum absolute atomic E-state index is 12.9. The van der Waals surface area contributed by atoms with Gasteiger partial charge in [-0.3, -0.25) is 4.79 Å². The molecule has 0 radical (unpaired) electrons. The Morgan fingerprint density at radius 2 is 1.81 bits per heavy atom. The molecular weight excluding hydrogens is 445 g/mol. The van der Waals surface area contributed by atoms with Gasteiger partial charge in [0.25, 0.3) is 5.91 Å². The number of alkyl halides is 3. The molecule has 1 saturated heterocycles. The summed E-state index contributed by atoms with van der Waals surface area (Å²) in [4.78, 5) is 20.3. The molecule has 172 valence electrons. The third-order valence-electron chi connectivity index (χ3n) is 5.62. The van der Waals surface area contributed by atoms with E-state index in [-0.39, 0.29) is 16.4 Å². The van der Waals surface area contributed by atoms with Gasteiger partial charge in [0.05, 0.1) is 10.5 Å². The van der Waals surface area contributed by atoms with Gasteiger partial charge in [-0.05, 0) is 49.1 Å². The molecule has 0 atom stereocenters. The van der Waals surface area contributed by atoms with E-state index in [1.54, 1.807) is 17.0 Å². The second-order valence-electron chi connectivity index (χ2n) is 8.01. The molecule has 0 spiro atoms. The quantitative estimate of drug-likeness (QED) is 0.705. The van der Waals surface area contributed by atoms with E-state index in [9.17, 15) is 26.4 Å². The van der Waals surface area contributed by atoms with Crippen molar-refractivity contribution in [2.45, 2.75) is 23.9 Å². The Morgan fingerprint density at radius 3 is 2.41 bits per heavy atom. The van der Waals surface area contributed by atoms with E-state index in [4.69, 9.17) is 0 Å². The molecule has 1 saturated carbocycles. The van der Waals surface area contributed by atoms with Crippen LogP contribution in [0.2, 0.25) is 0 Å². The monoisotopic (exact) mass is 468 g/mol. The van der Waals surface area contributed by atoms with Crippen LogP contribution in [0.1, 0.15) is 28.8 Å². The first-order valence-electron chi connectivity index (χ1n) is 10.3. The van der Waals surface area contributed by atoms with E-state index >= 15 is 0 Å². The van der Waals surface area contributed by atoms with Crippen molar-refractivity contribution in [2.24, 2.45) is 5.92 Å². The highest BCUT2D eigenvalue weighted by Crippen LogP contribution is 2.30. The van der Waals surface area contributed by atoms with E-state index in [2.05, 4.69) is 9.71 Å². The van der Waals surface area contributed by atoms with Crippen molar-refractivity contribution in [3.05, 3.63) is 53.7 Å². The number of amides is 1. The smallest absolute Gasteiger partial charge is 0.353 e. The molecule has 0 unspecified atom stereocenters. The SMILES string of the molecule is O=C(c1cccc(S(=O)(=O)NCC2CC2)c1)N1CCN(c2ccc(C(F)(F)F)cn2)CC1. The predicted molar refractivity (Wildman–Crippen MR) is 112 cm³/mol. The zero-order valence-electron chi connectivity index (χ0n) is 17.2. The zero-order chi connectivity index (χ0) is 22.9. The minimum atomic E-state index is -4.44. The van der Waals surface area contributed by atoms with Gasteiger partial charge >= 0.3 is 6.18 Å². The fourth-order valence-corrected chi connectivity index (χ4v) is 4.65. The lowest BCUT2D eigenvalue weighted by atomic mass is 10.2. The topological polar surface area (TPSA) is 82.6 Å². The predicted octanol–water partition coefficient (Wildman–Crippen LogP) is 2.75. The number of piperazine rings is 1. The summed E-state index contributed by atoms with van der Waals surface area (Å²) < 4.78 is 65.7. The first kappa shape index (κ1) is 22.5. The number of carbonyl (C=O) groups excluding carboxylic acids is 1. The summed E-state index contributed by atoms with van der Waals surface area (Å²) in [5.74, 6) is 0.522. The van der Waals surface area contributed by atoms with Crippen LogP contribution < -0.4 is 9.62 Å². The number of benzene rings is 1. The Labute approximate surface area is 184 Å². The van der Waals surface area contributed by atoms with E-state index in [0.717, 1.165) is 25.1 Å². The van der Waals surface area contributed by atoms with Crippen LogP contribution in [0, 0.1) is 5.92 Å². The number of anilines is 1. The lowest BCUT2D eigenvalue weighted by Crippen LogP contribution is -2.49. The molecule has 4 rings (SSSR count). The molecule has 1 aliphatic carbocycles. The normalized spacial score (nSPS) is 17.5. The second-order valence-corrected chi connectivity index (χ2v) is 9.77. The number of carbonyl (C=O) groups is 1. The molecule has 2 aliphatic rings. The van der Waals surface area contributed by atoms with Gasteiger partial charge in [0, 0.05) is 44.5 Å². The summed E-state index contributed by atoms with van der Waals surface area (Å²) in [6, 6.07) is 8.27. The number of nitrogens with zero attached hydrogens (tertiary/aromatic N) is 3. The molecule has 32 heavy (non-hydrogen) atoms. The third-order valence-corrected chi connectivity index (χ3v) is 7.04. The number of nitrogens with one attached hydrogen (secondary N) is 1. The van der Waals surface area contributed by atoms with Crippen molar-refractivity contribution in [3.63, 3.8) is 0 Å². The minimum Gasteiger partial charge on any atom is -0.353 e. The van der Waals surface area contributed by atoms with Crippen molar-refractivity contribution >= 4 is 21.7 Å². The standard InChI is InChI=1S/C21H23F3N4O3S/c22-21(23,24)17-6-7-19(25-14-17)27-8-10-28(11-9-27)20(29)16-2-1-3-18(12-16)32(30,31)26-13-15-4-5-15/h1-3,6-7,12,14-15,26H,4-5,8-11,13H2. The third kappa shape index (κ3) is 5.21. The van der Waals surface area contributed by atoms with Crippen LogP contribution in [-0.2, 0) is 16.2 Å². The highest BCUT2D eigenvalue weighted by molar-refractivity contribution is 7.89. The Morgan fingerprint density at radius 1 is 1.09 bits per heavy atom. The molecule has 1 N–H and O–H groups in total. The summed E-state index contributed by atoms with van der Waals surface area (Å²) in [6.45, 7) is 1.91. The van der Waals surface area contributed by atoms with Crippen LogP contribution in [0.5, 0.6) is 0 Å². The van der Waals surface area contributed by atoms with Crippen LogP contribution >= 0.6 is 0 Å². The maximum atomic E-state index is 12.9. The van der Waals surface area contributed by atoms with Gasteiger partial charge in [0.15, 0.2) is 0 Å². The lowest BCUT2D eigenvalue weighted by molar-refractivity contribution is -0.137. The van der Waals surface area contributed by atoms with Crippen LogP contribution in [0.25, 0.3) is 0 Å². The molecular formula is C21H23F3N4O3S. The van der Waals surface area contributed by atoms with Gasteiger partial charge in [-0.25, -0.2) is 18.1 Å². The van der Waals surface area contributed by atoms with Crippen molar-refractivity contribution in [2.75, 3.05) is 37.6 Å². The average molecular weight is 469 g/mol. The molecule has 0 bridgehead atoms. The van der Waals surface area contributed by atoms with Crippen molar-refractivity contribution in [3.8, 4) is 0 Å². The first-order valence-corrected chi connectivity index (χ1v) is 11.8. The minimum absolute atomic E-state index is 0.0524. The molecule has 2 fully saturated rings. The first-order chi connectivity index (χ1) is 15.1. The summed E-state index contributed by atoms with van der Waals surface area (Å²) in [6.07, 6.45) is -1.59. The number of sulfonamides is 1. The molecule has 11 heteroatoms. The number of pyridine rings is 1. The Bertz CT molecular complexity index is 1080.